The summed E-state index contributed by atoms with van der Waals surface area (Å²) in [4.78, 5) is 35.2. The van der Waals surface area contributed by atoms with Crippen molar-refractivity contribution in [3.8, 4) is 0 Å². The van der Waals surface area contributed by atoms with Crippen LogP contribution in [0.3, 0.4) is 0 Å². The zero-order valence-corrected chi connectivity index (χ0v) is 20.7. The van der Waals surface area contributed by atoms with Gasteiger partial charge in [0.05, 0.1) is 24.0 Å². The minimum absolute atomic E-state index is 0.00393. The van der Waals surface area contributed by atoms with Crippen LogP contribution >= 0.6 is 0 Å². The van der Waals surface area contributed by atoms with E-state index in [1.165, 1.54) is 25.1 Å². The lowest BCUT2D eigenvalue weighted by Crippen LogP contribution is -2.41. The Balaban J connectivity index is 1.50. The second-order valence-corrected chi connectivity index (χ2v) is 8.82. The average molecular weight is 474 g/mol. The van der Waals surface area contributed by atoms with Crippen molar-refractivity contribution in [3.05, 3.63) is 35.2 Å². The number of carbonyl (C=O) groups is 2. The molecule has 4 atom stereocenters. The number of aromatic nitrogens is 1. The van der Waals surface area contributed by atoms with Crippen molar-refractivity contribution in [1.29, 1.82) is 0 Å². The molecule has 9 heteroatoms. The first-order valence-electron chi connectivity index (χ1n) is 11.8. The largest absolute Gasteiger partial charge is 0.463 e. The van der Waals surface area contributed by atoms with E-state index in [2.05, 4.69) is 30.0 Å². The highest BCUT2D eigenvalue weighted by Gasteiger charge is 2.30. The van der Waals surface area contributed by atoms with Gasteiger partial charge in [-0.25, -0.2) is 0 Å². The first-order chi connectivity index (χ1) is 16.2. The minimum atomic E-state index is -0.601. The third-order valence-corrected chi connectivity index (χ3v) is 5.82. The Labute approximate surface area is 201 Å². The van der Waals surface area contributed by atoms with Crippen molar-refractivity contribution < 1.29 is 28.6 Å². The number of pyridine rings is 1. The van der Waals surface area contributed by atoms with E-state index in [1.54, 1.807) is 12.3 Å². The molecular weight excluding hydrogens is 438 g/mol. The van der Waals surface area contributed by atoms with E-state index in [0.29, 0.717) is 6.42 Å². The molecule has 0 N–H and O–H groups in total. The number of oxime groups is 1. The lowest BCUT2D eigenvalue weighted by molar-refractivity contribution is -0.162. The molecule has 2 aliphatic rings. The first kappa shape index (κ1) is 25.7. The van der Waals surface area contributed by atoms with Crippen molar-refractivity contribution in [2.24, 2.45) is 5.16 Å². The Kier molecular flexibility index (Phi) is 9.04. The molecule has 0 aromatic carbocycles. The molecule has 0 fully saturated rings. The Morgan fingerprint density at radius 3 is 2.82 bits per heavy atom. The highest BCUT2D eigenvalue weighted by Crippen LogP contribution is 2.28. The molecule has 0 bridgehead atoms. The molecule has 0 unspecified atom stereocenters. The summed E-state index contributed by atoms with van der Waals surface area (Å²) in [6, 6.07) is 2.22. The molecule has 2 aliphatic heterocycles. The number of rotatable bonds is 9. The molecule has 1 aromatic heterocycles. The maximum Gasteiger partial charge on any atom is 0.303 e. The van der Waals surface area contributed by atoms with Gasteiger partial charge in [0.1, 0.15) is 24.9 Å². The van der Waals surface area contributed by atoms with Gasteiger partial charge < -0.3 is 23.9 Å². The van der Waals surface area contributed by atoms with Gasteiger partial charge in [-0.1, -0.05) is 11.2 Å². The number of nitrogens with zero attached hydrogens (tertiary/aromatic N) is 3. The van der Waals surface area contributed by atoms with Crippen LogP contribution < -0.4 is 4.90 Å². The van der Waals surface area contributed by atoms with Gasteiger partial charge in [0, 0.05) is 38.7 Å². The van der Waals surface area contributed by atoms with Crippen LogP contribution in [0.2, 0.25) is 0 Å². The van der Waals surface area contributed by atoms with Gasteiger partial charge in [0.25, 0.3) is 0 Å². The second-order valence-electron chi connectivity index (χ2n) is 8.82. The first-order valence-corrected chi connectivity index (χ1v) is 11.8. The van der Waals surface area contributed by atoms with E-state index in [1.807, 2.05) is 13.0 Å². The monoisotopic (exact) mass is 473 g/mol. The highest BCUT2D eigenvalue weighted by atomic mass is 16.6. The summed E-state index contributed by atoms with van der Waals surface area (Å²) in [7, 11) is 0. The van der Waals surface area contributed by atoms with Crippen LogP contribution in [0, 0.1) is 13.8 Å². The predicted molar refractivity (Wildman–Crippen MR) is 128 cm³/mol. The Bertz CT molecular complexity index is 931. The molecule has 186 valence electrons. The molecule has 0 aliphatic carbocycles. The summed E-state index contributed by atoms with van der Waals surface area (Å²) < 4.78 is 16.2. The summed E-state index contributed by atoms with van der Waals surface area (Å²) in [6.45, 7) is 10.5. The predicted octanol–water partition coefficient (Wildman–Crippen LogP) is 3.05. The van der Waals surface area contributed by atoms with Crippen LogP contribution in [-0.2, 0) is 35.1 Å². The Hall–Kier alpha value is -2.94. The minimum Gasteiger partial charge on any atom is -0.463 e. The molecule has 0 saturated carbocycles. The van der Waals surface area contributed by atoms with E-state index in [4.69, 9.17) is 24.0 Å². The van der Waals surface area contributed by atoms with Crippen LogP contribution in [0.5, 0.6) is 0 Å². The van der Waals surface area contributed by atoms with E-state index in [9.17, 15) is 9.59 Å². The number of carbonyl (C=O) groups excluding carboxylic acids is 2. The van der Waals surface area contributed by atoms with Crippen molar-refractivity contribution in [3.63, 3.8) is 0 Å². The van der Waals surface area contributed by atoms with Crippen molar-refractivity contribution in [2.45, 2.75) is 78.3 Å². The smallest absolute Gasteiger partial charge is 0.303 e. The number of fused-ring (bicyclic) bond motifs is 1. The van der Waals surface area contributed by atoms with Gasteiger partial charge in [-0.15, -0.1) is 0 Å². The molecule has 0 amide bonds. The van der Waals surface area contributed by atoms with Crippen LogP contribution in [0.25, 0.3) is 0 Å². The fourth-order valence-electron chi connectivity index (χ4n) is 4.06. The molecular formula is C25H35N3O6. The third kappa shape index (κ3) is 7.28. The second kappa shape index (κ2) is 12.0. The van der Waals surface area contributed by atoms with Gasteiger partial charge in [-0.05, 0) is 51.3 Å². The molecule has 0 spiro atoms. The molecule has 3 rings (SSSR count). The fourth-order valence-corrected chi connectivity index (χ4v) is 4.06. The number of esters is 2. The highest BCUT2D eigenvalue weighted by molar-refractivity contribution is 5.67. The lowest BCUT2D eigenvalue weighted by Gasteiger charge is -2.32. The van der Waals surface area contributed by atoms with E-state index in [0.717, 1.165) is 37.3 Å². The van der Waals surface area contributed by atoms with Crippen LogP contribution in [0.4, 0.5) is 5.69 Å². The molecule has 9 nitrogen and oxygen atoms in total. The quantitative estimate of drug-likeness (QED) is 0.234. The number of aryl methyl sites for hydroxylation is 3. The zero-order chi connectivity index (χ0) is 24.7. The zero-order valence-electron chi connectivity index (χ0n) is 20.7. The maximum atomic E-state index is 11.3. The standard InChI is InChI=1S/C25H35N3O6/c1-16-13-23-22(27-18(16)3)7-6-12-28(23)14-17(2)34-26-11-10-21-8-9-24(32-20(5)30)25(33-21)15-31-19(4)29/h8-9,11,13,17,21,24-25H,6-7,10,12,14-15H2,1-5H3/b26-11+/t17-,21-,24-,25+/m0/s1. The van der Waals surface area contributed by atoms with Gasteiger partial charge in [0.15, 0.2) is 0 Å². The average Bonchev–Trinajstić information content (AvgIpc) is 2.77. The topological polar surface area (TPSA) is 99.6 Å². The number of anilines is 1. The lowest BCUT2D eigenvalue weighted by atomic mass is 10.0. The summed E-state index contributed by atoms with van der Waals surface area (Å²) in [5, 5.41) is 4.13. The van der Waals surface area contributed by atoms with Crippen molar-refractivity contribution >= 4 is 23.8 Å². The van der Waals surface area contributed by atoms with Gasteiger partial charge in [0.2, 0.25) is 0 Å². The normalized spacial score (nSPS) is 22.9. The van der Waals surface area contributed by atoms with E-state index < -0.39 is 24.1 Å². The Morgan fingerprint density at radius 1 is 1.29 bits per heavy atom. The van der Waals surface area contributed by atoms with E-state index in [-0.39, 0.29) is 18.8 Å². The number of hydrogen-bond acceptors (Lipinski definition) is 9. The molecule has 3 heterocycles. The number of ether oxygens (including phenoxy) is 3. The van der Waals surface area contributed by atoms with Crippen LogP contribution in [0.1, 0.15) is 50.6 Å². The SMILES string of the molecule is CC(=O)OC[C@H]1O[C@H](C/C=N/O[C@@H](C)CN2CCCc3nc(C)c(C)cc32)C=C[C@@H]1OC(C)=O. The fraction of sp³-hybridized carbons (Fsp3) is 0.600. The number of hydrogen-bond donors (Lipinski definition) is 0. The summed E-state index contributed by atoms with van der Waals surface area (Å²) in [5.41, 5.74) is 4.63. The van der Waals surface area contributed by atoms with Crippen molar-refractivity contribution in [1.82, 2.24) is 4.98 Å². The summed E-state index contributed by atoms with van der Waals surface area (Å²) in [6.07, 6.45) is 6.23. The van der Waals surface area contributed by atoms with Gasteiger partial charge >= 0.3 is 11.9 Å². The van der Waals surface area contributed by atoms with Crippen LogP contribution in [0.15, 0.2) is 23.4 Å². The molecule has 34 heavy (non-hydrogen) atoms. The van der Waals surface area contributed by atoms with Crippen LogP contribution in [-0.4, -0.2) is 67.2 Å². The molecule has 0 radical (unpaired) electrons. The van der Waals surface area contributed by atoms with Gasteiger partial charge in [-0.2, -0.15) is 0 Å². The molecule has 0 saturated heterocycles. The molecule has 1 aromatic rings. The van der Waals surface area contributed by atoms with E-state index >= 15 is 0 Å². The maximum absolute atomic E-state index is 11.3. The summed E-state index contributed by atoms with van der Waals surface area (Å²) in [5.74, 6) is -0.844. The van der Waals surface area contributed by atoms with Gasteiger partial charge in [-0.3, -0.25) is 14.6 Å². The Morgan fingerprint density at radius 2 is 2.09 bits per heavy atom. The summed E-state index contributed by atoms with van der Waals surface area (Å²) >= 11 is 0. The van der Waals surface area contributed by atoms with Crippen molar-refractivity contribution in [2.75, 3.05) is 24.6 Å². The third-order valence-electron chi connectivity index (χ3n) is 5.82.